The summed E-state index contributed by atoms with van der Waals surface area (Å²) < 4.78 is 0. The molecule has 0 bridgehead atoms. The summed E-state index contributed by atoms with van der Waals surface area (Å²) in [7, 11) is 0. The summed E-state index contributed by atoms with van der Waals surface area (Å²) in [6.07, 6.45) is 1.27. The lowest BCUT2D eigenvalue weighted by molar-refractivity contribution is 0.102. The van der Waals surface area contributed by atoms with Crippen LogP contribution in [0.3, 0.4) is 0 Å². The van der Waals surface area contributed by atoms with Gasteiger partial charge in [0.1, 0.15) is 28.0 Å². The van der Waals surface area contributed by atoms with Crippen LogP contribution in [0.1, 0.15) is 15.5 Å². The third-order valence-electron chi connectivity index (χ3n) is 1.83. The van der Waals surface area contributed by atoms with Crippen LogP contribution < -0.4 is 11.1 Å². The summed E-state index contributed by atoms with van der Waals surface area (Å²) in [5, 5.41) is 5.17. The molecule has 0 aromatic carbocycles. The number of hydrogen-bond acceptors (Lipinski definition) is 6. The third kappa shape index (κ3) is 2.96. The number of carbonyl (C=O) groups is 1. The molecule has 8 heteroatoms. The van der Waals surface area contributed by atoms with Gasteiger partial charge >= 0.3 is 0 Å². The van der Waals surface area contributed by atoms with Crippen LogP contribution in [-0.4, -0.2) is 20.9 Å². The van der Waals surface area contributed by atoms with Crippen molar-refractivity contribution >= 4 is 34.7 Å². The molecule has 6 nitrogen and oxygen atoms in total. The highest BCUT2D eigenvalue weighted by atomic mass is 35.5. The highest BCUT2D eigenvalue weighted by molar-refractivity contribution is 7.09. The van der Waals surface area contributed by atoms with Crippen LogP contribution in [0.5, 0.6) is 0 Å². The van der Waals surface area contributed by atoms with Gasteiger partial charge in [0.15, 0.2) is 0 Å². The van der Waals surface area contributed by atoms with Crippen molar-refractivity contribution in [1.82, 2.24) is 15.0 Å². The molecular formula is C9H8ClN5OS. The van der Waals surface area contributed by atoms with Crippen molar-refractivity contribution in [2.24, 2.45) is 5.73 Å². The molecule has 0 radical (unpaired) electrons. The minimum atomic E-state index is -0.351. The topological polar surface area (TPSA) is 93.8 Å². The van der Waals surface area contributed by atoms with Crippen LogP contribution >= 0.6 is 22.9 Å². The van der Waals surface area contributed by atoms with Crippen molar-refractivity contribution in [3.05, 3.63) is 33.6 Å². The molecule has 0 aliphatic rings. The molecule has 2 rings (SSSR count). The molecule has 3 N–H and O–H groups in total. The summed E-state index contributed by atoms with van der Waals surface area (Å²) in [5.74, 6) is -0.0204. The Bertz CT molecular complexity index is 544. The first kappa shape index (κ1) is 11.9. The Hall–Kier alpha value is -1.57. The molecule has 0 fully saturated rings. The standard InChI is InChI=1S/C9H8ClN5OS/c10-6-1-7(13-4-12-6)15-9(16)5-3-17-8(2-11)14-5/h1,3-4H,2,11H2,(H,12,13,15,16). The van der Waals surface area contributed by atoms with Gasteiger partial charge in [0.25, 0.3) is 5.91 Å². The molecule has 1 amide bonds. The molecule has 2 aromatic heterocycles. The summed E-state index contributed by atoms with van der Waals surface area (Å²) in [4.78, 5) is 23.4. The lowest BCUT2D eigenvalue weighted by Gasteiger charge is -2.01. The molecule has 0 spiro atoms. The number of amides is 1. The molecule has 0 saturated heterocycles. The number of anilines is 1. The Morgan fingerprint density at radius 1 is 1.53 bits per heavy atom. The summed E-state index contributed by atoms with van der Waals surface area (Å²) >= 11 is 7.00. The van der Waals surface area contributed by atoms with E-state index in [2.05, 4.69) is 20.3 Å². The first-order valence-corrected chi connectivity index (χ1v) is 5.88. The summed E-state index contributed by atoms with van der Waals surface area (Å²) in [6, 6.07) is 1.45. The maximum Gasteiger partial charge on any atom is 0.276 e. The van der Waals surface area contributed by atoms with E-state index < -0.39 is 0 Å². The normalized spacial score (nSPS) is 10.2. The second-order valence-corrected chi connectivity index (χ2v) is 4.34. The van der Waals surface area contributed by atoms with Gasteiger partial charge < -0.3 is 11.1 Å². The first-order valence-electron chi connectivity index (χ1n) is 4.62. The van der Waals surface area contributed by atoms with Gasteiger partial charge in [-0.25, -0.2) is 15.0 Å². The predicted octanol–water partition coefficient (Wildman–Crippen LogP) is 1.30. The van der Waals surface area contributed by atoms with Crippen LogP contribution in [0.15, 0.2) is 17.8 Å². The Morgan fingerprint density at radius 2 is 2.35 bits per heavy atom. The van der Waals surface area contributed by atoms with E-state index in [0.717, 1.165) is 0 Å². The summed E-state index contributed by atoms with van der Waals surface area (Å²) in [6.45, 7) is 0.317. The number of hydrogen-bond donors (Lipinski definition) is 2. The lowest BCUT2D eigenvalue weighted by atomic mass is 10.4. The zero-order valence-corrected chi connectivity index (χ0v) is 10.1. The zero-order chi connectivity index (χ0) is 12.3. The maximum absolute atomic E-state index is 11.7. The largest absolute Gasteiger partial charge is 0.325 e. The van der Waals surface area contributed by atoms with Crippen LogP contribution in [0.25, 0.3) is 0 Å². The molecule has 0 saturated carbocycles. The predicted molar refractivity (Wildman–Crippen MR) is 65.0 cm³/mol. The summed E-state index contributed by atoms with van der Waals surface area (Å²) in [5.41, 5.74) is 5.72. The van der Waals surface area contributed by atoms with Crippen molar-refractivity contribution < 1.29 is 4.79 Å². The average Bonchev–Trinajstić information content (AvgIpc) is 2.77. The van der Waals surface area contributed by atoms with E-state index >= 15 is 0 Å². The molecule has 0 unspecified atom stereocenters. The number of nitrogens with one attached hydrogen (secondary N) is 1. The maximum atomic E-state index is 11.7. The van der Waals surface area contributed by atoms with Gasteiger partial charge in [-0.15, -0.1) is 11.3 Å². The number of halogens is 1. The van der Waals surface area contributed by atoms with Gasteiger partial charge in [-0.05, 0) is 0 Å². The second kappa shape index (κ2) is 5.17. The van der Waals surface area contributed by atoms with E-state index in [1.54, 1.807) is 5.38 Å². The van der Waals surface area contributed by atoms with E-state index in [9.17, 15) is 4.79 Å². The molecule has 88 valence electrons. The van der Waals surface area contributed by atoms with Gasteiger partial charge in [-0.1, -0.05) is 11.6 Å². The lowest BCUT2D eigenvalue weighted by Crippen LogP contribution is -2.13. The Balaban J connectivity index is 2.11. The molecular weight excluding hydrogens is 262 g/mol. The van der Waals surface area contributed by atoms with Crippen molar-refractivity contribution in [3.8, 4) is 0 Å². The highest BCUT2D eigenvalue weighted by Crippen LogP contribution is 2.12. The van der Waals surface area contributed by atoms with Crippen LogP contribution in [0, 0.1) is 0 Å². The van der Waals surface area contributed by atoms with E-state index in [1.165, 1.54) is 23.7 Å². The number of rotatable bonds is 3. The van der Waals surface area contributed by atoms with E-state index in [0.29, 0.717) is 23.1 Å². The molecule has 0 aliphatic carbocycles. The fourth-order valence-corrected chi connectivity index (χ4v) is 1.89. The minimum absolute atomic E-state index is 0.260. The van der Waals surface area contributed by atoms with Gasteiger partial charge in [-0.2, -0.15) is 0 Å². The van der Waals surface area contributed by atoms with Crippen molar-refractivity contribution in [3.63, 3.8) is 0 Å². The molecule has 17 heavy (non-hydrogen) atoms. The van der Waals surface area contributed by atoms with Crippen molar-refractivity contribution in [2.45, 2.75) is 6.54 Å². The third-order valence-corrected chi connectivity index (χ3v) is 2.91. The van der Waals surface area contributed by atoms with Gasteiger partial charge in [0, 0.05) is 18.0 Å². The average molecular weight is 270 g/mol. The van der Waals surface area contributed by atoms with Gasteiger partial charge in [-0.3, -0.25) is 4.79 Å². The van der Waals surface area contributed by atoms with E-state index in [4.69, 9.17) is 17.3 Å². The number of nitrogens with two attached hydrogens (primary N) is 1. The Labute approximate surface area is 106 Å². The molecule has 2 heterocycles. The minimum Gasteiger partial charge on any atom is -0.325 e. The quantitative estimate of drug-likeness (QED) is 0.819. The number of aromatic nitrogens is 3. The monoisotopic (exact) mass is 269 g/mol. The fourth-order valence-electron chi connectivity index (χ4n) is 1.09. The van der Waals surface area contributed by atoms with Crippen LogP contribution in [0.2, 0.25) is 5.15 Å². The smallest absolute Gasteiger partial charge is 0.276 e. The number of nitrogens with zero attached hydrogens (tertiary/aromatic N) is 3. The number of carbonyl (C=O) groups excluding carboxylic acids is 1. The van der Waals surface area contributed by atoms with Crippen molar-refractivity contribution in [2.75, 3.05) is 5.32 Å². The highest BCUT2D eigenvalue weighted by Gasteiger charge is 2.11. The molecule has 2 aromatic rings. The molecule has 0 atom stereocenters. The van der Waals surface area contributed by atoms with Crippen LogP contribution in [0.4, 0.5) is 5.82 Å². The number of thiazole rings is 1. The zero-order valence-electron chi connectivity index (χ0n) is 8.55. The van der Waals surface area contributed by atoms with E-state index in [-0.39, 0.29) is 11.1 Å². The SMILES string of the molecule is NCc1nc(C(=O)Nc2cc(Cl)ncn2)cs1. The van der Waals surface area contributed by atoms with Crippen molar-refractivity contribution in [1.29, 1.82) is 0 Å². The second-order valence-electron chi connectivity index (χ2n) is 3.01. The Kier molecular flexibility index (Phi) is 3.62. The Morgan fingerprint density at radius 3 is 3.00 bits per heavy atom. The van der Waals surface area contributed by atoms with Gasteiger partial charge in [0.05, 0.1) is 0 Å². The molecule has 0 aliphatic heterocycles. The van der Waals surface area contributed by atoms with E-state index in [1.807, 2.05) is 0 Å². The van der Waals surface area contributed by atoms with Crippen LogP contribution in [-0.2, 0) is 6.54 Å². The van der Waals surface area contributed by atoms with Gasteiger partial charge in [0.2, 0.25) is 0 Å². The fraction of sp³-hybridized carbons (Fsp3) is 0.111. The first-order chi connectivity index (χ1) is 8.19.